The van der Waals surface area contributed by atoms with Crippen LogP contribution in [0.1, 0.15) is 18.4 Å². The van der Waals surface area contributed by atoms with Crippen LogP contribution in [-0.4, -0.2) is 64.3 Å². The van der Waals surface area contributed by atoms with Crippen molar-refractivity contribution in [1.29, 1.82) is 0 Å². The summed E-state index contributed by atoms with van der Waals surface area (Å²) in [5.74, 6) is 2.03. The lowest BCUT2D eigenvalue weighted by Crippen LogP contribution is -2.49. The standard InChI is InChI=1S/C24H31N3O3/c1-29-20-9-10-21-19(18-20)6-5-12-25(21)13-11-24(28)27-16-14-26(15-17-27)22-7-3-4-8-23(22)30-2/h3-4,7-10,18H,5-6,11-17H2,1-2H3. The number of carbonyl (C=O) groups excluding carboxylic acids is 1. The zero-order chi connectivity index (χ0) is 20.9. The number of hydrogen-bond donors (Lipinski definition) is 0. The number of fused-ring (bicyclic) bond motifs is 1. The van der Waals surface area contributed by atoms with Crippen LogP contribution in [0.5, 0.6) is 11.5 Å². The molecule has 2 aliphatic heterocycles. The summed E-state index contributed by atoms with van der Waals surface area (Å²) in [6, 6.07) is 14.3. The van der Waals surface area contributed by atoms with Crippen LogP contribution in [0.4, 0.5) is 11.4 Å². The molecule has 0 aromatic heterocycles. The van der Waals surface area contributed by atoms with Crippen molar-refractivity contribution in [3.8, 4) is 11.5 Å². The lowest BCUT2D eigenvalue weighted by atomic mass is 10.0. The zero-order valence-electron chi connectivity index (χ0n) is 18.0. The molecule has 2 aromatic carbocycles. The van der Waals surface area contributed by atoms with Gasteiger partial charge in [0, 0.05) is 51.4 Å². The van der Waals surface area contributed by atoms with Gasteiger partial charge in [0.25, 0.3) is 0 Å². The van der Waals surface area contributed by atoms with E-state index in [-0.39, 0.29) is 5.91 Å². The van der Waals surface area contributed by atoms with Crippen molar-refractivity contribution in [2.75, 3.05) is 63.3 Å². The number of anilines is 2. The fraction of sp³-hybridized carbons (Fsp3) is 0.458. The van der Waals surface area contributed by atoms with Crippen LogP contribution in [-0.2, 0) is 11.2 Å². The maximum atomic E-state index is 12.9. The molecule has 0 spiro atoms. The Balaban J connectivity index is 1.31. The Bertz CT molecular complexity index is 878. The molecule has 6 heteroatoms. The summed E-state index contributed by atoms with van der Waals surface area (Å²) in [4.78, 5) is 19.5. The number of ether oxygens (including phenoxy) is 2. The van der Waals surface area contributed by atoms with Gasteiger partial charge in [-0.05, 0) is 48.7 Å². The van der Waals surface area contributed by atoms with Gasteiger partial charge in [0.2, 0.25) is 5.91 Å². The Morgan fingerprint density at radius 3 is 2.50 bits per heavy atom. The first kappa shape index (κ1) is 20.4. The average Bonchev–Trinajstić information content (AvgIpc) is 2.82. The monoisotopic (exact) mass is 409 g/mol. The van der Waals surface area contributed by atoms with Crippen LogP contribution < -0.4 is 19.3 Å². The summed E-state index contributed by atoms with van der Waals surface area (Å²) in [5, 5.41) is 0. The van der Waals surface area contributed by atoms with Gasteiger partial charge < -0.3 is 24.2 Å². The van der Waals surface area contributed by atoms with Gasteiger partial charge in [0.1, 0.15) is 11.5 Å². The number of carbonyl (C=O) groups is 1. The minimum absolute atomic E-state index is 0.246. The molecule has 0 atom stereocenters. The largest absolute Gasteiger partial charge is 0.497 e. The van der Waals surface area contributed by atoms with Crippen LogP contribution in [0, 0.1) is 0 Å². The number of methoxy groups -OCH3 is 2. The molecule has 1 saturated heterocycles. The smallest absolute Gasteiger partial charge is 0.224 e. The van der Waals surface area contributed by atoms with Crippen LogP contribution in [0.15, 0.2) is 42.5 Å². The van der Waals surface area contributed by atoms with Crippen LogP contribution in [0.2, 0.25) is 0 Å². The van der Waals surface area contributed by atoms with Gasteiger partial charge in [-0.2, -0.15) is 0 Å². The molecule has 2 aromatic rings. The van der Waals surface area contributed by atoms with Crippen molar-refractivity contribution in [2.45, 2.75) is 19.3 Å². The quantitative estimate of drug-likeness (QED) is 0.733. The number of amides is 1. The number of hydrogen-bond acceptors (Lipinski definition) is 5. The molecule has 0 aliphatic carbocycles. The van der Waals surface area contributed by atoms with E-state index in [4.69, 9.17) is 9.47 Å². The van der Waals surface area contributed by atoms with Crippen molar-refractivity contribution >= 4 is 17.3 Å². The SMILES string of the molecule is COc1ccc2c(c1)CCCN2CCC(=O)N1CCN(c2ccccc2OC)CC1. The van der Waals surface area contributed by atoms with Gasteiger partial charge in [-0.1, -0.05) is 12.1 Å². The normalized spacial score (nSPS) is 16.3. The predicted octanol–water partition coefficient (Wildman–Crippen LogP) is 3.20. The fourth-order valence-corrected chi connectivity index (χ4v) is 4.49. The maximum Gasteiger partial charge on any atom is 0.224 e. The van der Waals surface area contributed by atoms with Crippen LogP contribution in [0.25, 0.3) is 0 Å². The predicted molar refractivity (Wildman–Crippen MR) is 120 cm³/mol. The van der Waals surface area contributed by atoms with Gasteiger partial charge in [0.05, 0.1) is 19.9 Å². The first-order valence-corrected chi connectivity index (χ1v) is 10.8. The summed E-state index contributed by atoms with van der Waals surface area (Å²) in [6.07, 6.45) is 2.74. The second-order valence-electron chi connectivity index (χ2n) is 7.87. The van der Waals surface area contributed by atoms with Crippen LogP contribution in [0.3, 0.4) is 0 Å². The van der Waals surface area contributed by atoms with E-state index in [0.29, 0.717) is 6.42 Å². The summed E-state index contributed by atoms with van der Waals surface area (Å²) in [6.45, 7) is 4.95. The molecule has 0 unspecified atom stereocenters. The van der Waals surface area contributed by atoms with E-state index < -0.39 is 0 Å². The van der Waals surface area contributed by atoms with E-state index in [9.17, 15) is 4.79 Å². The molecule has 0 N–H and O–H groups in total. The van der Waals surface area contributed by atoms with E-state index >= 15 is 0 Å². The molecular formula is C24H31N3O3. The maximum absolute atomic E-state index is 12.9. The van der Waals surface area contributed by atoms with E-state index in [1.54, 1.807) is 14.2 Å². The van der Waals surface area contributed by atoms with Crippen molar-refractivity contribution in [3.63, 3.8) is 0 Å². The second kappa shape index (κ2) is 9.28. The Labute approximate surface area is 179 Å². The van der Waals surface area contributed by atoms with E-state index in [1.807, 2.05) is 29.2 Å². The molecule has 160 valence electrons. The number of nitrogens with zero attached hydrogens (tertiary/aromatic N) is 3. The molecule has 1 fully saturated rings. The lowest BCUT2D eigenvalue weighted by molar-refractivity contribution is -0.131. The molecule has 2 aliphatic rings. The van der Waals surface area contributed by atoms with E-state index in [0.717, 1.165) is 69.3 Å². The molecule has 30 heavy (non-hydrogen) atoms. The van der Waals surface area contributed by atoms with E-state index in [2.05, 4.69) is 28.0 Å². The minimum atomic E-state index is 0.246. The minimum Gasteiger partial charge on any atom is -0.497 e. The zero-order valence-corrected chi connectivity index (χ0v) is 18.0. The fourth-order valence-electron chi connectivity index (χ4n) is 4.49. The average molecular weight is 410 g/mol. The third-order valence-corrected chi connectivity index (χ3v) is 6.16. The highest BCUT2D eigenvalue weighted by Crippen LogP contribution is 2.31. The molecule has 6 nitrogen and oxygen atoms in total. The number of aryl methyl sites for hydroxylation is 1. The Morgan fingerprint density at radius 2 is 1.73 bits per heavy atom. The molecule has 0 saturated carbocycles. The summed E-state index contributed by atoms with van der Waals surface area (Å²) < 4.78 is 10.8. The van der Waals surface area contributed by atoms with Crippen molar-refractivity contribution in [1.82, 2.24) is 4.90 Å². The molecule has 1 amide bonds. The summed E-state index contributed by atoms with van der Waals surface area (Å²) in [5.41, 5.74) is 3.67. The molecule has 4 rings (SSSR count). The third-order valence-electron chi connectivity index (χ3n) is 6.16. The number of benzene rings is 2. The second-order valence-corrected chi connectivity index (χ2v) is 7.87. The van der Waals surface area contributed by atoms with Gasteiger partial charge >= 0.3 is 0 Å². The van der Waals surface area contributed by atoms with E-state index in [1.165, 1.54) is 11.3 Å². The Morgan fingerprint density at radius 1 is 0.933 bits per heavy atom. The van der Waals surface area contributed by atoms with Gasteiger partial charge in [-0.15, -0.1) is 0 Å². The first-order valence-electron chi connectivity index (χ1n) is 10.8. The van der Waals surface area contributed by atoms with Crippen LogP contribution >= 0.6 is 0 Å². The topological polar surface area (TPSA) is 45.2 Å². The lowest BCUT2D eigenvalue weighted by Gasteiger charge is -2.37. The molecule has 0 bridgehead atoms. The highest BCUT2D eigenvalue weighted by Gasteiger charge is 2.24. The van der Waals surface area contributed by atoms with Crippen molar-refractivity contribution in [2.24, 2.45) is 0 Å². The molecule has 2 heterocycles. The van der Waals surface area contributed by atoms with Gasteiger partial charge in [0.15, 0.2) is 0 Å². The van der Waals surface area contributed by atoms with Crippen molar-refractivity contribution < 1.29 is 14.3 Å². The Hall–Kier alpha value is -2.89. The Kier molecular flexibility index (Phi) is 6.31. The van der Waals surface area contributed by atoms with Gasteiger partial charge in [-0.3, -0.25) is 4.79 Å². The number of rotatable bonds is 6. The molecular weight excluding hydrogens is 378 g/mol. The van der Waals surface area contributed by atoms with Crippen molar-refractivity contribution in [3.05, 3.63) is 48.0 Å². The highest BCUT2D eigenvalue weighted by atomic mass is 16.5. The van der Waals surface area contributed by atoms with Gasteiger partial charge in [-0.25, -0.2) is 0 Å². The number of piperazine rings is 1. The first-order chi connectivity index (χ1) is 14.7. The highest BCUT2D eigenvalue weighted by molar-refractivity contribution is 5.77. The molecule has 0 radical (unpaired) electrons. The summed E-state index contributed by atoms with van der Waals surface area (Å²) in [7, 11) is 3.40. The number of para-hydroxylation sites is 2. The summed E-state index contributed by atoms with van der Waals surface area (Å²) >= 11 is 0. The third kappa shape index (κ3) is 4.32.